The minimum atomic E-state index is -0.864. The summed E-state index contributed by atoms with van der Waals surface area (Å²) < 4.78 is 0. The fraction of sp³-hybridized carbons (Fsp3) is 0.467. The van der Waals surface area contributed by atoms with Crippen LogP contribution in [0.25, 0.3) is 0 Å². The van der Waals surface area contributed by atoms with Gasteiger partial charge in [0.15, 0.2) is 0 Å². The van der Waals surface area contributed by atoms with Crippen molar-refractivity contribution in [1.29, 1.82) is 0 Å². The van der Waals surface area contributed by atoms with Gasteiger partial charge in [-0.05, 0) is 50.5 Å². The third-order valence-corrected chi connectivity index (χ3v) is 3.43. The summed E-state index contributed by atoms with van der Waals surface area (Å²) >= 11 is 0. The lowest BCUT2D eigenvalue weighted by atomic mass is 9.83. The lowest BCUT2D eigenvalue weighted by Crippen LogP contribution is -2.08. The molecule has 0 amide bonds. The topological polar surface area (TPSA) is 54.4 Å². The quantitative estimate of drug-likeness (QED) is 0.446. The molecule has 1 rings (SSSR count). The summed E-state index contributed by atoms with van der Waals surface area (Å²) in [6.07, 6.45) is 8.89. The maximum absolute atomic E-state index is 10.6. The van der Waals surface area contributed by atoms with Crippen molar-refractivity contribution in [3.63, 3.8) is 0 Å². The van der Waals surface area contributed by atoms with Crippen molar-refractivity contribution in [2.75, 3.05) is 0 Å². The smallest absolute Gasteiger partial charge is 0.330 e. The average molecular weight is 248 g/mol. The first kappa shape index (κ1) is 14.4. The van der Waals surface area contributed by atoms with Crippen LogP contribution in [0.1, 0.15) is 39.0 Å². The van der Waals surface area contributed by atoms with Crippen molar-refractivity contribution in [2.24, 2.45) is 5.92 Å². The predicted molar refractivity (Wildman–Crippen MR) is 71.3 cm³/mol. The van der Waals surface area contributed by atoms with Gasteiger partial charge in [-0.2, -0.15) is 0 Å². The summed E-state index contributed by atoms with van der Waals surface area (Å²) in [5, 5.41) is 8.72. The molecule has 0 saturated carbocycles. The number of rotatable bonds is 6. The van der Waals surface area contributed by atoms with E-state index in [1.165, 1.54) is 0 Å². The van der Waals surface area contributed by atoms with Gasteiger partial charge in [0, 0.05) is 5.57 Å². The van der Waals surface area contributed by atoms with Crippen LogP contribution in [0.4, 0.5) is 0 Å². The van der Waals surface area contributed by atoms with Gasteiger partial charge in [0.25, 0.3) is 0 Å². The van der Waals surface area contributed by atoms with Crippen molar-refractivity contribution < 1.29 is 14.7 Å². The molecule has 0 saturated heterocycles. The molecule has 3 nitrogen and oxygen atoms in total. The summed E-state index contributed by atoms with van der Waals surface area (Å²) in [5.74, 6) is -0.427. The molecule has 0 aromatic rings. The number of hydrogen-bond donors (Lipinski definition) is 1. The summed E-state index contributed by atoms with van der Waals surface area (Å²) in [6.45, 7) is 5.68. The Labute approximate surface area is 108 Å². The highest BCUT2D eigenvalue weighted by Gasteiger charge is 2.16. The highest BCUT2D eigenvalue weighted by molar-refractivity contribution is 5.85. The number of carboxylic acids is 1. The Morgan fingerprint density at radius 3 is 2.83 bits per heavy atom. The van der Waals surface area contributed by atoms with E-state index < -0.39 is 5.97 Å². The molecule has 1 atom stereocenters. The van der Waals surface area contributed by atoms with Gasteiger partial charge in [-0.1, -0.05) is 24.3 Å². The molecule has 0 unspecified atom stereocenters. The van der Waals surface area contributed by atoms with Gasteiger partial charge in [0.2, 0.25) is 0 Å². The average Bonchev–Trinajstić information content (AvgIpc) is 2.38. The minimum absolute atomic E-state index is 0.384. The lowest BCUT2D eigenvalue weighted by molar-refractivity contribution is -0.132. The minimum Gasteiger partial charge on any atom is -0.478 e. The van der Waals surface area contributed by atoms with Crippen molar-refractivity contribution in [3.8, 4) is 0 Å². The van der Waals surface area contributed by atoms with Gasteiger partial charge >= 0.3 is 5.97 Å². The van der Waals surface area contributed by atoms with Gasteiger partial charge < -0.3 is 5.11 Å². The van der Waals surface area contributed by atoms with E-state index in [0.29, 0.717) is 11.5 Å². The molecular formula is C15H20O3. The highest BCUT2D eigenvalue weighted by Crippen LogP contribution is 2.29. The molecule has 1 aliphatic rings. The van der Waals surface area contributed by atoms with Crippen LogP contribution in [-0.2, 0) is 9.59 Å². The van der Waals surface area contributed by atoms with Crippen LogP contribution in [0.15, 0.2) is 35.5 Å². The first-order valence-electron chi connectivity index (χ1n) is 6.26. The van der Waals surface area contributed by atoms with E-state index in [0.717, 1.165) is 49.5 Å². The Bertz CT molecular complexity index is 402. The number of hydrogen-bond acceptors (Lipinski definition) is 2. The van der Waals surface area contributed by atoms with Crippen molar-refractivity contribution >= 4 is 12.3 Å². The van der Waals surface area contributed by atoms with Crippen LogP contribution in [0.5, 0.6) is 0 Å². The van der Waals surface area contributed by atoms with E-state index in [1.54, 1.807) is 13.0 Å². The van der Waals surface area contributed by atoms with E-state index in [2.05, 4.69) is 6.58 Å². The maximum atomic E-state index is 10.6. The summed E-state index contributed by atoms with van der Waals surface area (Å²) in [6, 6.07) is 0. The second kappa shape index (κ2) is 6.94. The molecule has 0 radical (unpaired) electrons. The fourth-order valence-corrected chi connectivity index (χ4v) is 2.10. The van der Waals surface area contributed by atoms with E-state index in [-0.39, 0.29) is 0 Å². The largest absolute Gasteiger partial charge is 0.478 e. The molecule has 0 aromatic heterocycles. The molecule has 0 spiro atoms. The molecule has 0 fully saturated rings. The van der Waals surface area contributed by atoms with Crippen LogP contribution in [-0.4, -0.2) is 17.4 Å². The molecule has 1 N–H and O–H groups in total. The molecule has 0 aliphatic heterocycles. The van der Waals surface area contributed by atoms with E-state index in [4.69, 9.17) is 5.11 Å². The molecule has 1 aliphatic carbocycles. The van der Waals surface area contributed by atoms with Crippen LogP contribution >= 0.6 is 0 Å². The van der Waals surface area contributed by atoms with Crippen LogP contribution in [0.2, 0.25) is 0 Å². The van der Waals surface area contributed by atoms with Gasteiger partial charge in [-0.25, -0.2) is 4.79 Å². The molecular weight excluding hydrogens is 228 g/mol. The molecule has 0 aromatic carbocycles. The van der Waals surface area contributed by atoms with Gasteiger partial charge in [-0.3, -0.25) is 4.79 Å². The zero-order valence-electron chi connectivity index (χ0n) is 10.8. The van der Waals surface area contributed by atoms with Gasteiger partial charge in [0.1, 0.15) is 6.29 Å². The molecule has 98 valence electrons. The van der Waals surface area contributed by atoms with Crippen LogP contribution in [0, 0.1) is 5.92 Å². The Morgan fingerprint density at radius 1 is 1.61 bits per heavy atom. The van der Waals surface area contributed by atoms with Crippen molar-refractivity contribution in [3.05, 3.63) is 35.5 Å². The number of carbonyl (C=O) groups is 2. The Kier molecular flexibility index (Phi) is 5.56. The standard InChI is InChI=1S/C15H20O3/c1-11(4-3-5-12(2)15(17)18)14-8-6-13(10-16)7-9-14/h5-6,10,14H,1,3-4,7-9H2,2H3,(H,17,18)/b12-5+/t14-/m0/s1. The van der Waals surface area contributed by atoms with E-state index in [9.17, 15) is 9.59 Å². The van der Waals surface area contributed by atoms with E-state index >= 15 is 0 Å². The fourth-order valence-electron chi connectivity index (χ4n) is 2.10. The zero-order valence-corrected chi connectivity index (χ0v) is 10.8. The first-order valence-corrected chi connectivity index (χ1v) is 6.26. The number of carboxylic acid groups (broad SMARTS) is 1. The molecule has 0 heterocycles. The zero-order chi connectivity index (χ0) is 13.5. The normalized spacial score (nSPS) is 20.2. The SMILES string of the molecule is C=C(CC/C=C(\C)C(=O)O)[C@H]1CC=C(C=O)CC1. The first-order chi connectivity index (χ1) is 8.54. The van der Waals surface area contributed by atoms with E-state index in [1.807, 2.05) is 6.08 Å². The lowest BCUT2D eigenvalue weighted by Gasteiger charge is -2.21. The highest BCUT2D eigenvalue weighted by atomic mass is 16.4. The van der Waals surface area contributed by atoms with Crippen LogP contribution in [0.3, 0.4) is 0 Å². The third-order valence-electron chi connectivity index (χ3n) is 3.43. The van der Waals surface area contributed by atoms with Crippen LogP contribution < -0.4 is 0 Å². The van der Waals surface area contributed by atoms with Gasteiger partial charge in [0.05, 0.1) is 0 Å². The number of allylic oxidation sites excluding steroid dienone is 4. The Hall–Kier alpha value is -1.64. The number of aliphatic carboxylic acids is 1. The Balaban J connectivity index is 2.39. The Morgan fingerprint density at radius 2 is 2.33 bits per heavy atom. The van der Waals surface area contributed by atoms with Gasteiger partial charge in [-0.15, -0.1) is 0 Å². The second-order valence-corrected chi connectivity index (χ2v) is 4.76. The monoisotopic (exact) mass is 248 g/mol. The summed E-state index contributed by atoms with van der Waals surface area (Å²) in [5.41, 5.74) is 2.43. The van der Waals surface area contributed by atoms with Crippen molar-refractivity contribution in [1.82, 2.24) is 0 Å². The summed E-state index contributed by atoms with van der Waals surface area (Å²) in [7, 11) is 0. The predicted octanol–water partition coefficient (Wildman–Crippen LogP) is 3.28. The molecule has 18 heavy (non-hydrogen) atoms. The molecule has 3 heteroatoms. The third kappa shape index (κ3) is 4.32. The van der Waals surface area contributed by atoms with Crippen molar-refractivity contribution in [2.45, 2.75) is 39.0 Å². The second-order valence-electron chi connectivity index (χ2n) is 4.76. The summed E-state index contributed by atoms with van der Waals surface area (Å²) in [4.78, 5) is 21.2. The number of carbonyl (C=O) groups excluding carboxylic acids is 1. The number of aldehydes is 1. The molecule has 0 bridgehead atoms. The maximum Gasteiger partial charge on any atom is 0.330 e.